The number of fused-ring (bicyclic) bond motifs is 1. The molecule has 0 aromatic heterocycles. The number of carbonyl (C=O) groups is 1. The number of hydrogen-bond donors (Lipinski definition) is 0. The van der Waals surface area contributed by atoms with E-state index in [-0.39, 0.29) is 11.9 Å². The molecule has 0 aliphatic carbocycles. The van der Waals surface area contributed by atoms with E-state index in [2.05, 4.69) is 0 Å². The van der Waals surface area contributed by atoms with Gasteiger partial charge in [0.25, 0.3) is 0 Å². The van der Waals surface area contributed by atoms with Gasteiger partial charge in [0.15, 0.2) is 5.78 Å². The first-order chi connectivity index (χ1) is 7.20. The molecule has 0 amide bonds. The van der Waals surface area contributed by atoms with Crippen LogP contribution in [0.2, 0.25) is 5.02 Å². The van der Waals surface area contributed by atoms with Crippen molar-refractivity contribution < 1.29 is 9.53 Å². The molecule has 0 N–H and O–H groups in total. The number of ether oxygens (including phenoxy) is 1. The average molecular weight is 223 g/mol. The van der Waals surface area contributed by atoms with Crippen LogP contribution in [0.25, 0.3) is 0 Å². The molecule has 78 valence electrons. The Morgan fingerprint density at radius 1 is 1.53 bits per heavy atom. The fraction of sp³-hybridized carbons (Fsp3) is 0.250. The highest BCUT2D eigenvalue weighted by atomic mass is 35.5. The molecule has 2 nitrogen and oxygen atoms in total. The topological polar surface area (TPSA) is 26.3 Å². The van der Waals surface area contributed by atoms with E-state index >= 15 is 0 Å². The van der Waals surface area contributed by atoms with Crippen LogP contribution in [0.1, 0.15) is 23.7 Å². The van der Waals surface area contributed by atoms with Crippen molar-refractivity contribution in [1.82, 2.24) is 0 Å². The predicted octanol–water partition coefficient (Wildman–Crippen LogP) is 3.25. The molecule has 0 saturated carbocycles. The minimum absolute atomic E-state index is 0.0850. The van der Waals surface area contributed by atoms with Gasteiger partial charge in [-0.25, -0.2) is 0 Å². The third kappa shape index (κ3) is 2.05. The minimum atomic E-state index is -0.142. The van der Waals surface area contributed by atoms with Crippen LogP contribution in [0, 0.1) is 0 Å². The van der Waals surface area contributed by atoms with Crippen LogP contribution in [0.15, 0.2) is 30.4 Å². The number of ketones is 1. The Kier molecular flexibility index (Phi) is 2.78. The van der Waals surface area contributed by atoms with Gasteiger partial charge in [0.05, 0.1) is 12.0 Å². The number of benzene rings is 1. The zero-order valence-corrected chi connectivity index (χ0v) is 9.12. The molecule has 15 heavy (non-hydrogen) atoms. The molecule has 1 atom stereocenters. The van der Waals surface area contributed by atoms with Crippen molar-refractivity contribution in [2.24, 2.45) is 0 Å². The molecule has 1 aromatic rings. The van der Waals surface area contributed by atoms with Crippen LogP contribution in [0.4, 0.5) is 0 Å². The van der Waals surface area contributed by atoms with Gasteiger partial charge in [0, 0.05) is 5.02 Å². The Morgan fingerprint density at radius 2 is 2.33 bits per heavy atom. The van der Waals surface area contributed by atoms with Crippen molar-refractivity contribution in [3.63, 3.8) is 0 Å². The van der Waals surface area contributed by atoms with Crippen molar-refractivity contribution in [3.8, 4) is 5.75 Å². The van der Waals surface area contributed by atoms with Crippen molar-refractivity contribution in [3.05, 3.63) is 40.9 Å². The van der Waals surface area contributed by atoms with Crippen LogP contribution in [-0.2, 0) is 0 Å². The summed E-state index contributed by atoms with van der Waals surface area (Å²) in [4.78, 5) is 11.8. The summed E-state index contributed by atoms with van der Waals surface area (Å²) < 4.78 is 5.63. The lowest BCUT2D eigenvalue weighted by molar-refractivity contribution is 0.0893. The van der Waals surface area contributed by atoms with Crippen LogP contribution in [-0.4, -0.2) is 11.9 Å². The molecule has 0 spiro atoms. The van der Waals surface area contributed by atoms with Crippen molar-refractivity contribution in [2.45, 2.75) is 19.4 Å². The molecule has 1 aromatic carbocycles. The molecule has 1 heterocycles. The van der Waals surface area contributed by atoms with E-state index in [4.69, 9.17) is 16.3 Å². The first-order valence-corrected chi connectivity index (χ1v) is 5.20. The van der Waals surface area contributed by atoms with Gasteiger partial charge in [0.1, 0.15) is 11.9 Å². The summed E-state index contributed by atoms with van der Waals surface area (Å²) in [6, 6.07) is 5.13. The van der Waals surface area contributed by atoms with Crippen molar-refractivity contribution in [1.29, 1.82) is 0 Å². The minimum Gasteiger partial charge on any atom is -0.485 e. The summed E-state index contributed by atoms with van der Waals surface area (Å²) in [7, 11) is 0. The van der Waals surface area contributed by atoms with Gasteiger partial charge in [-0.15, -0.1) is 0 Å². The lowest BCUT2D eigenvalue weighted by atomic mass is 10.0. The number of halogens is 1. The maximum atomic E-state index is 11.8. The summed E-state index contributed by atoms with van der Waals surface area (Å²) in [5, 5.41) is 0.565. The quantitative estimate of drug-likeness (QED) is 0.682. The van der Waals surface area contributed by atoms with Crippen LogP contribution in [0.3, 0.4) is 0 Å². The summed E-state index contributed by atoms with van der Waals surface area (Å²) in [5.74, 6) is 0.709. The van der Waals surface area contributed by atoms with Gasteiger partial charge in [0.2, 0.25) is 0 Å². The maximum Gasteiger partial charge on any atom is 0.170 e. The summed E-state index contributed by atoms with van der Waals surface area (Å²) in [6.45, 7) is 1.91. The number of carbonyl (C=O) groups excluding carboxylic acids is 1. The van der Waals surface area contributed by atoms with E-state index in [1.165, 1.54) is 0 Å². The normalized spacial score (nSPS) is 20.1. The molecule has 0 fully saturated rings. The number of allylic oxidation sites excluding steroid dienone is 1. The average Bonchev–Trinajstić information content (AvgIpc) is 2.20. The molecular formula is C12H11ClO2. The second-order valence-electron chi connectivity index (χ2n) is 3.45. The van der Waals surface area contributed by atoms with E-state index in [1.54, 1.807) is 18.2 Å². The van der Waals surface area contributed by atoms with E-state index in [0.29, 0.717) is 22.8 Å². The highest BCUT2D eigenvalue weighted by molar-refractivity contribution is 6.31. The Hall–Kier alpha value is -1.28. The summed E-state index contributed by atoms with van der Waals surface area (Å²) in [5.41, 5.74) is 0.586. The fourth-order valence-electron chi connectivity index (χ4n) is 1.64. The first kappa shape index (κ1) is 10.2. The number of Topliss-reactive ketones (excluding diaryl/α,β-unsaturated/α-hetero) is 1. The van der Waals surface area contributed by atoms with Crippen LogP contribution in [0.5, 0.6) is 5.75 Å². The summed E-state index contributed by atoms with van der Waals surface area (Å²) >= 11 is 5.82. The lowest BCUT2D eigenvalue weighted by Crippen LogP contribution is -2.24. The third-order valence-corrected chi connectivity index (χ3v) is 2.55. The SMILES string of the molecule is C/C=C/C1CC(=O)c2cc(Cl)ccc2O1. The summed E-state index contributed by atoms with van der Waals surface area (Å²) in [6.07, 6.45) is 4.02. The standard InChI is InChI=1S/C12H11ClO2/c1-2-3-9-7-11(14)10-6-8(13)4-5-12(10)15-9/h2-6,9H,7H2,1H3/b3-2+. The van der Waals surface area contributed by atoms with Crippen molar-refractivity contribution in [2.75, 3.05) is 0 Å². The molecule has 0 saturated heterocycles. The molecule has 1 aliphatic heterocycles. The first-order valence-electron chi connectivity index (χ1n) is 4.83. The fourth-order valence-corrected chi connectivity index (χ4v) is 1.81. The molecular weight excluding hydrogens is 212 g/mol. The van der Waals surface area contributed by atoms with Gasteiger partial charge in [-0.3, -0.25) is 4.79 Å². The number of rotatable bonds is 1. The van der Waals surface area contributed by atoms with Gasteiger partial charge in [-0.2, -0.15) is 0 Å². The zero-order valence-electron chi connectivity index (χ0n) is 8.37. The monoisotopic (exact) mass is 222 g/mol. The van der Waals surface area contributed by atoms with Gasteiger partial charge >= 0.3 is 0 Å². The van der Waals surface area contributed by atoms with Gasteiger partial charge in [-0.05, 0) is 31.2 Å². The van der Waals surface area contributed by atoms with Crippen molar-refractivity contribution >= 4 is 17.4 Å². The number of hydrogen-bond acceptors (Lipinski definition) is 2. The highest BCUT2D eigenvalue weighted by Crippen LogP contribution is 2.30. The van der Waals surface area contributed by atoms with Crippen LogP contribution >= 0.6 is 11.6 Å². The van der Waals surface area contributed by atoms with Gasteiger partial charge in [-0.1, -0.05) is 17.7 Å². The van der Waals surface area contributed by atoms with Crippen LogP contribution < -0.4 is 4.74 Å². The molecule has 2 rings (SSSR count). The predicted molar refractivity (Wildman–Crippen MR) is 59.6 cm³/mol. The molecule has 0 radical (unpaired) electrons. The second kappa shape index (κ2) is 4.07. The molecule has 3 heteroatoms. The maximum absolute atomic E-state index is 11.8. The van der Waals surface area contributed by atoms with Gasteiger partial charge < -0.3 is 4.74 Å². The zero-order chi connectivity index (χ0) is 10.8. The van der Waals surface area contributed by atoms with E-state index in [9.17, 15) is 4.79 Å². The Balaban J connectivity index is 2.36. The van der Waals surface area contributed by atoms with E-state index in [0.717, 1.165) is 0 Å². The lowest BCUT2D eigenvalue weighted by Gasteiger charge is -2.22. The second-order valence-corrected chi connectivity index (χ2v) is 3.89. The third-order valence-electron chi connectivity index (χ3n) is 2.31. The molecule has 1 unspecified atom stereocenters. The van der Waals surface area contributed by atoms with E-state index in [1.807, 2.05) is 19.1 Å². The Bertz CT molecular complexity index is 424. The highest BCUT2D eigenvalue weighted by Gasteiger charge is 2.24. The Labute approximate surface area is 93.5 Å². The van der Waals surface area contributed by atoms with E-state index < -0.39 is 0 Å². The molecule has 1 aliphatic rings. The largest absolute Gasteiger partial charge is 0.485 e. The smallest absolute Gasteiger partial charge is 0.170 e. The Morgan fingerprint density at radius 3 is 3.07 bits per heavy atom. The molecule has 0 bridgehead atoms.